The zero-order valence-corrected chi connectivity index (χ0v) is 31.7. The predicted molar refractivity (Wildman–Crippen MR) is 202 cm³/mol. The molecule has 2 N–H and O–H groups in total. The van der Waals surface area contributed by atoms with Crippen molar-refractivity contribution in [3.63, 3.8) is 0 Å². The minimum Gasteiger partial charge on any atom is -0.497 e. The number of methoxy groups -OCH3 is 1. The van der Waals surface area contributed by atoms with Gasteiger partial charge in [-0.3, -0.25) is 19.1 Å². The predicted octanol–water partition coefficient (Wildman–Crippen LogP) is 7.76. The van der Waals surface area contributed by atoms with Crippen LogP contribution >= 0.6 is 27.5 Å². The Morgan fingerprint density at radius 2 is 1.65 bits per heavy atom. The maximum atomic E-state index is 13.5. The highest BCUT2D eigenvalue weighted by atomic mass is 79.9. The number of anilines is 1. The van der Waals surface area contributed by atoms with Crippen LogP contribution in [-0.2, 0) is 32.0 Å². The first kappa shape index (κ1) is 38.3. The fourth-order valence-corrected chi connectivity index (χ4v) is 7.30. The standard InChI is InChI=1S/C39H45BrClN3O7/c1-4-43(30-8-6-5-7-9-30)24-28-20-27(21-34(40)37(28)42)39(47)51-19-17-49-16-18-50-36(45)23-32-25(2)44(35-15-14-31(48-3)22-33(32)35)38(46)26-10-12-29(41)13-11-26/h10-15,20-22,30H,4-9,16-19,23-24,42H2,1-3H3. The summed E-state index contributed by atoms with van der Waals surface area (Å²) in [5, 5.41) is 1.25. The van der Waals surface area contributed by atoms with Crippen molar-refractivity contribution >= 4 is 62.0 Å². The van der Waals surface area contributed by atoms with Crippen molar-refractivity contribution in [3.8, 4) is 5.75 Å². The molecule has 1 saturated carbocycles. The van der Waals surface area contributed by atoms with Gasteiger partial charge in [-0.2, -0.15) is 0 Å². The highest BCUT2D eigenvalue weighted by molar-refractivity contribution is 9.10. The number of rotatable bonds is 15. The molecule has 4 aromatic rings. The number of nitrogen functional groups attached to an aromatic ring is 1. The molecule has 10 nitrogen and oxygen atoms in total. The Morgan fingerprint density at radius 1 is 0.941 bits per heavy atom. The first-order valence-electron chi connectivity index (χ1n) is 17.3. The summed E-state index contributed by atoms with van der Waals surface area (Å²) in [7, 11) is 1.56. The molecule has 1 aliphatic rings. The van der Waals surface area contributed by atoms with E-state index in [4.69, 9.17) is 36.3 Å². The molecule has 272 valence electrons. The second-order valence-corrected chi connectivity index (χ2v) is 13.9. The molecule has 0 amide bonds. The van der Waals surface area contributed by atoms with Gasteiger partial charge in [0.15, 0.2) is 0 Å². The molecule has 12 heteroatoms. The third-order valence-corrected chi connectivity index (χ3v) is 10.3. The molecule has 1 fully saturated rings. The summed E-state index contributed by atoms with van der Waals surface area (Å²) in [6.45, 7) is 5.85. The number of halogens is 2. The quantitative estimate of drug-likeness (QED) is 0.0733. The van der Waals surface area contributed by atoms with Crippen molar-refractivity contribution in [2.75, 3.05) is 45.8 Å². The van der Waals surface area contributed by atoms with Gasteiger partial charge < -0.3 is 24.7 Å². The highest BCUT2D eigenvalue weighted by Gasteiger charge is 2.24. The van der Waals surface area contributed by atoms with E-state index in [1.54, 1.807) is 61.1 Å². The van der Waals surface area contributed by atoms with Crippen LogP contribution in [0.4, 0.5) is 5.69 Å². The van der Waals surface area contributed by atoms with E-state index in [2.05, 4.69) is 27.8 Å². The van der Waals surface area contributed by atoms with Crippen LogP contribution in [0.25, 0.3) is 10.9 Å². The average molecular weight is 783 g/mol. The fourth-order valence-electron chi connectivity index (χ4n) is 6.67. The maximum absolute atomic E-state index is 13.5. The fraction of sp³-hybridized carbons (Fsp3) is 0.410. The van der Waals surface area contributed by atoms with Crippen LogP contribution in [0.3, 0.4) is 0 Å². The molecule has 1 aliphatic carbocycles. The van der Waals surface area contributed by atoms with Gasteiger partial charge >= 0.3 is 11.9 Å². The van der Waals surface area contributed by atoms with E-state index in [0.717, 1.165) is 17.5 Å². The number of aromatic nitrogens is 1. The summed E-state index contributed by atoms with van der Waals surface area (Å²) in [6.07, 6.45) is 6.10. The van der Waals surface area contributed by atoms with Crippen molar-refractivity contribution in [1.29, 1.82) is 0 Å². The van der Waals surface area contributed by atoms with Crippen molar-refractivity contribution in [2.45, 2.75) is 65.0 Å². The van der Waals surface area contributed by atoms with Gasteiger partial charge in [-0.1, -0.05) is 37.8 Å². The molecule has 5 rings (SSSR count). The largest absolute Gasteiger partial charge is 0.497 e. The van der Waals surface area contributed by atoms with E-state index in [1.165, 1.54) is 32.1 Å². The summed E-state index contributed by atoms with van der Waals surface area (Å²) < 4.78 is 24.2. The number of fused-ring (bicyclic) bond motifs is 1. The van der Waals surface area contributed by atoms with Gasteiger partial charge in [0.05, 0.1) is 43.5 Å². The first-order valence-corrected chi connectivity index (χ1v) is 18.5. The minimum atomic E-state index is -0.469. The number of nitrogens with two attached hydrogens (primary N) is 1. The van der Waals surface area contributed by atoms with Crippen LogP contribution in [0, 0.1) is 6.92 Å². The number of carbonyl (C=O) groups excluding carboxylic acids is 3. The Morgan fingerprint density at radius 3 is 2.33 bits per heavy atom. The number of carbonyl (C=O) groups is 3. The van der Waals surface area contributed by atoms with Crippen LogP contribution in [-0.4, -0.2) is 73.4 Å². The maximum Gasteiger partial charge on any atom is 0.338 e. The van der Waals surface area contributed by atoms with Gasteiger partial charge in [-0.05, 0) is 108 Å². The van der Waals surface area contributed by atoms with E-state index in [0.29, 0.717) is 61.4 Å². The van der Waals surface area contributed by atoms with E-state index in [1.807, 2.05) is 12.1 Å². The number of hydrogen-bond acceptors (Lipinski definition) is 9. The Kier molecular flexibility index (Phi) is 13.6. The Hall–Kier alpha value is -3.90. The lowest BCUT2D eigenvalue weighted by Crippen LogP contribution is -2.36. The van der Waals surface area contributed by atoms with E-state index in [-0.39, 0.29) is 38.8 Å². The lowest BCUT2D eigenvalue weighted by atomic mass is 9.93. The topological polar surface area (TPSA) is 122 Å². The van der Waals surface area contributed by atoms with E-state index >= 15 is 0 Å². The van der Waals surface area contributed by atoms with Crippen molar-refractivity contribution in [2.24, 2.45) is 0 Å². The van der Waals surface area contributed by atoms with Crippen molar-refractivity contribution in [3.05, 3.63) is 92.0 Å². The smallest absolute Gasteiger partial charge is 0.338 e. The van der Waals surface area contributed by atoms with Crippen LogP contribution < -0.4 is 10.5 Å². The summed E-state index contributed by atoms with van der Waals surface area (Å²) >= 11 is 9.54. The second-order valence-electron chi connectivity index (χ2n) is 12.6. The lowest BCUT2D eigenvalue weighted by Gasteiger charge is -2.34. The molecule has 1 heterocycles. The van der Waals surface area contributed by atoms with Gasteiger partial charge in [-0.25, -0.2) is 4.79 Å². The molecule has 0 saturated heterocycles. The van der Waals surface area contributed by atoms with E-state index in [9.17, 15) is 14.4 Å². The Labute approximate surface area is 312 Å². The SMILES string of the molecule is CCN(Cc1cc(C(=O)OCCOCCOC(=O)Cc2c(C)n(C(=O)c3ccc(Cl)cc3)c3ccc(OC)cc23)cc(Br)c1N)C1CCCCC1. The molecular weight excluding hydrogens is 738 g/mol. The number of ether oxygens (including phenoxy) is 4. The summed E-state index contributed by atoms with van der Waals surface area (Å²) in [6, 6.07) is 16.1. The van der Waals surface area contributed by atoms with Gasteiger partial charge in [-0.15, -0.1) is 0 Å². The number of hydrogen-bond donors (Lipinski definition) is 1. The van der Waals surface area contributed by atoms with Gasteiger partial charge in [0.2, 0.25) is 0 Å². The number of nitrogens with zero attached hydrogens (tertiary/aromatic N) is 2. The molecule has 1 aromatic heterocycles. The Bertz CT molecular complexity index is 1850. The molecule has 0 atom stereocenters. The Balaban J connectivity index is 1.11. The first-order chi connectivity index (χ1) is 24.6. The van der Waals surface area contributed by atoms with Gasteiger partial charge in [0.1, 0.15) is 19.0 Å². The minimum absolute atomic E-state index is 0.0146. The zero-order chi connectivity index (χ0) is 36.5. The van der Waals surface area contributed by atoms with E-state index < -0.39 is 11.9 Å². The van der Waals surface area contributed by atoms with Gasteiger partial charge in [0, 0.05) is 38.7 Å². The number of benzene rings is 3. The summed E-state index contributed by atoms with van der Waals surface area (Å²) in [5.74, 6) is -0.572. The average Bonchev–Trinajstić information content (AvgIpc) is 3.41. The van der Waals surface area contributed by atoms with Crippen LogP contribution in [0.2, 0.25) is 5.02 Å². The zero-order valence-electron chi connectivity index (χ0n) is 29.3. The molecule has 0 bridgehead atoms. The normalized spacial score (nSPS) is 13.5. The lowest BCUT2D eigenvalue weighted by molar-refractivity contribution is -0.144. The summed E-state index contributed by atoms with van der Waals surface area (Å²) in [4.78, 5) is 41.8. The molecule has 0 radical (unpaired) electrons. The third-order valence-electron chi connectivity index (χ3n) is 9.43. The highest BCUT2D eigenvalue weighted by Crippen LogP contribution is 2.32. The monoisotopic (exact) mass is 781 g/mol. The second kappa shape index (κ2) is 18.0. The van der Waals surface area contributed by atoms with Crippen LogP contribution in [0.5, 0.6) is 5.75 Å². The molecule has 0 unspecified atom stereocenters. The molecule has 0 spiro atoms. The third kappa shape index (κ3) is 9.51. The van der Waals surface area contributed by atoms with Gasteiger partial charge in [0.25, 0.3) is 5.91 Å². The molecular formula is C39H45BrClN3O7. The van der Waals surface area contributed by atoms with Crippen LogP contribution in [0.1, 0.15) is 76.6 Å². The number of esters is 2. The van der Waals surface area contributed by atoms with Crippen molar-refractivity contribution in [1.82, 2.24) is 9.47 Å². The van der Waals surface area contributed by atoms with Crippen LogP contribution in [0.15, 0.2) is 59.1 Å². The molecule has 3 aromatic carbocycles. The molecule has 0 aliphatic heterocycles. The summed E-state index contributed by atoms with van der Waals surface area (Å²) in [5.41, 5.74) is 10.7. The van der Waals surface area contributed by atoms with Crippen molar-refractivity contribution < 1.29 is 33.3 Å². The molecule has 51 heavy (non-hydrogen) atoms.